The van der Waals surface area contributed by atoms with Crippen LogP contribution in [0.2, 0.25) is 0 Å². The topological polar surface area (TPSA) is 66.4 Å². The maximum Gasteiger partial charge on any atom is 0.203 e. The summed E-state index contributed by atoms with van der Waals surface area (Å²) in [6.07, 6.45) is 0.406. The van der Waals surface area contributed by atoms with E-state index in [0.717, 1.165) is 5.56 Å². The van der Waals surface area contributed by atoms with Gasteiger partial charge in [-0.05, 0) is 24.1 Å². The molecule has 0 spiro atoms. The van der Waals surface area contributed by atoms with Crippen molar-refractivity contribution >= 4 is 0 Å². The molecule has 1 rings (SSSR count). The molecule has 1 N–H and O–H groups in total. The van der Waals surface area contributed by atoms with Crippen LogP contribution >= 0.6 is 0 Å². The summed E-state index contributed by atoms with van der Waals surface area (Å²) in [4.78, 5) is 0. The van der Waals surface area contributed by atoms with Crippen molar-refractivity contribution in [3.63, 3.8) is 0 Å². The number of hydrogen-bond acceptors (Lipinski definition) is 6. The largest absolute Gasteiger partial charge is 0.493 e. The van der Waals surface area contributed by atoms with E-state index in [2.05, 4.69) is 0 Å². The molecule has 6 nitrogen and oxygen atoms in total. The molecule has 1 aromatic carbocycles. The number of rotatable bonds is 10. The molecule has 6 heteroatoms. The summed E-state index contributed by atoms with van der Waals surface area (Å²) in [5, 5.41) is 8.98. The highest BCUT2D eigenvalue weighted by Gasteiger charge is 2.13. The van der Waals surface area contributed by atoms with E-state index in [1.54, 1.807) is 28.4 Å². The molecule has 0 amide bonds. The first-order valence-electron chi connectivity index (χ1n) is 6.70. The molecule has 0 heterocycles. The molecule has 0 fully saturated rings. The smallest absolute Gasteiger partial charge is 0.203 e. The van der Waals surface area contributed by atoms with Crippen LogP contribution < -0.4 is 14.2 Å². The van der Waals surface area contributed by atoms with Crippen LogP contribution in [0.1, 0.15) is 5.56 Å². The Hall–Kier alpha value is -1.50. The maximum atomic E-state index is 8.98. The molecule has 1 unspecified atom stereocenters. The Bertz CT molecular complexity index is 392. The molecule has 0 saturated heterocycles. The molecule has 0 bridgehead atoms. The molecule has 120 valence electrons. The van der Waals surface area contributed by atoms with Gasteiger partial charge in [-0.3, -0.25) is 0 Å². The van der Waals surface area contributed by atoms with Gasteiger partial charge in [0.05, 0.1) is 41.2 Å². The van der Waals surface area contributed by atoms with Crippen LogP contribution in [0.25, 0.3) is 0 Å². The summed E-state index contributed by atoms with van der Waals surface area (Å²) < 4.78 is 26.4. The molecule has 0 aliphatic rings. The van der Waals surface area contributed by atoms with E-state index in [0.29, 0.717) is 36.9 Å². The Balaban J connectivity index is 2.63. The van der Waals surface area contributed by atoms with Crippen LogP contribution in [0.3, 0.4) is 0 Å². The van der Waals surface area contributed by atoms with Crippen molar-refractivity contribution in [3.05, 3.63) is 17.7 Å². The van der Waals surface area contributed by atoms with Crippen molar-refractivity contribution in [1.82, 2.24) is 0 Å². The molecule has 0 saturated carbocycles. The average Bonchev–Trinajstić information content (AvgIpc) is 2.53. The molecule has 1 aromatic rings. The van der Waals surface area contributed by atoms with Crippen LogP contribution in [0.4, 0.5) is 0 Å². The van der Waals surface area contributed by atoms with Gasteiger partial charge in [0.2, 0.25) is 5.75 Å². The highest BCUT2D eigenvalue weighted by molar-refractivity contribution is 5.53. The van der Waals surface area contributed by atoms with Crippen molar-refractivity contribution in [2.24, 2.45) is 0 Å². The SMILES string of the molecule is COc1cc(CCOCC(CO)OC)cc(OC)c1OC. The normalized spacial score (nSPS) is 12.0. The van der Waals surface area contributed by atoms with Gasteiger partial charge >= 0.3 is 0 Å². The summed E-state index contributed by atoms with van der Waals surface area (Å²) in [5.74, 6) is 1.82. The molecule has 0 aliphatic carbocycles. The monoisotopic (exact) mass is 300 g/mol. The fraction of sp³-hybridized carbons (Fsp3) is 0.600. The summed E-state index contributed by atoms with van der Waals surface area (Å²) in [7, 11) is 6.29. The third kappa shape index (κ3) is 5.08. The quantitative estimate of drug-likeness (QED) is 0.657. The number of aliphatic hydroxyl groups is 1. The van der Waals surface area contributed by atoms with E-state index in [1.165, 1.54) is 0 Å². The van der Waals surface area contributed by atoms with Crippen molar-refractivity contribution in [1.29, 1.82) is 0 Å². The zero-order valence-corrected chi connectivity index (χ0v) is 13.0. The minimum Gasteiger partial charge on any atom is -0.493 e. The Labute approximate surface area is 125 Å². The third-order valence-corrected chi connectivity index (χ3v) is 3.10. The molecule has 0 aliphatic heterocycles. The van der Waals surface area contributed by atoms with Gasteiger partial charge < -0.3 is 28.8 Å². The molecule has 0 aromatic heterocycles. The molecular formula is C15H24O6. The summed E-state index contributed by atoms with van der Waals surface area (Å²) >= 11 is 0. The minimum absolute atomic E-state index is 0.0549. The highest BCUT2D eigenvalue weighted by Crippen LogP contribution is 2.38. The molecule has 0 radical (unpaired) electrons. The van der Waals surface area contributed by atoms with Crippen LogP contribution in [0.5, 0.6) is 17.2 Å². The predicted octanol–water partition coefficient (Wildman–Crippen LogP) is 1.28. The lowest BCUT2D eigenvalue weighted by molar-refractivity contribution is -0.0191. The standard InChI is InChI=1S/C15H24O6/c1-17-12(9-16)10-21-6-5-11-7-13(18-2)15(20-4)14(8-11)19-3/h7-8,12,16H,5-6,9-10H2,1-4H3. The molecule has 1 atom stereocenters. The number of benzene rings is 1. The van der Waals surface area contributed by atoms with Gasteiger partial charge in [-0.15, -0.1) is 0 Å². The van der Waals surface area contributed by atoms with Gasteiger partial charge in [0.15, 0.2) is 11.5 Å². The van der Waals surface area contributed by atoms with Gasteiger partial charge in [0.1, 0.15) is 6.10 Å². The van der Waals surface area contributed by atoms with E-state index in [-0.39, 0.29) is 12.7 Å². The van der Waals surface area contributed by atoms with Crippen molar-refractivity contribution in [2.75, 3.05) is 48.3 Å². The second-order valence-electron chi connectivity index (χ2n) is 4.40. The van der Waals surface area contributed by atoms with E-state index in [9.17, 15) is 0 Å². The number of ether oxygens (including phenoxy) is 5. The number of hydrogen-bond donors (Lipinski definition) is 1. The van der Waals surface area contributed by atoms with Gasteiger partial charge in [-0.1, -0.05) is 0 Å². The van der Waals surface area contributed by atoms with Crippen LogP contribution in [0, 0.1) is 0 Å². The lowest BCUT2D eigenvalue weighted by Crippen LogP contribution is -2.22. The van der Waals surface area contributed by atoms with Gasteiger partial charge in [0.25, 0.3) is 0 Å². The van der Waals surface area contributed by atoms with Crippen molar-refractivity contribution < 1.29 is 28.8 Å². The second-order valence-corrected chi connectivity index (χ2v) is 4.40. The second kappa shape index (κ2) is 9.44. The zero-order valence-electron chi connectivity index (χ0n) is 13.0. The fourth-order valence-corrected chi connectivity index (χ4v) is 1.88. The van der Waals surface area contributed by atoms with Gasteiger partial charge in [0, 0.05) is 7.11 Å². The van der Waals surface area contributed by atoms with Crippen LogP contribution in [-0.4, -0.2) is 59.5 Å². The van der Waals surface area contributed by atoms with E-state index >= 15 is 0 Å². The fourth-order valence-electron chi connectivity index (χ4n) is 1.88. The average molecular weight is 300 g/mol. The first kappa shape index (κ1) is 17.6. The lowest BCUT2D eigenvalue weighted by Gasteiger charge is -2.15. The van der Waals surface area contributed by atoms with Crippen LogP contribution in [0.15, 0.2) is 12.1 Å². The Morgan fingerprint density at radius 3 is 2.05 bits per heavy atom. The first-order chi connectivity index (χ1) is 10.2. The minimum atomic E-state index is -0.287. The Morgan fingerprint density at radius 2 is 1.62 bits per heavy atom. The molecule has 21 heavy (non-hydrogen) atoms. The van der Waals surface area contributed by atoms with E-state index in [4.69, 9.17) is 28.8 Å². The predicted molar refractivity (Wildman–Crippen MR) is 78.5 cm³/mol. The third-order valence-electron chi connectivity index (χ3n) is 3.10. The van der Waals surface area contributed by atoms with Crippen LogP contribution in [-0.2, 0) is 15.9 Å². The Kier molecular flexibility index (Phi) is 7.89. The molecular weight excluding hydrogens is 276 g/mol. The van der Waals surface area contributed by atoms with E-state index < -0.39 is 0 Å². The van der Waals surface area contributed by atoms with E-state index in [1.807, 2.05) is 12.1 Å². The number of methoxy groups -OCH3 is 4. The zero-order chi connectivity index (χ0) is 15.7. The highest BCUT2D eigenvalue weighted by atomic mass is 16.5. The summed E-state index contributed by atoms with van der Waals surface area (Å²) in [5.41, 5.74) is 1.02. The lowest BCUT2D eigenvalue weighted by atomic mass is 10.1. The first-order valence-corrected chi connectivity index (χ1v) is 6.70. The maximum absolute atomic E-state index is 8.98. The van der Waals surface area contributed by atoms with Gasteiger partial charge in [-0.2, -0.15) is 0 Å². The number of aliphatic hydroxyl groups excluding tert-OH is 1. The van der Waals surface area contributed by atoms with Crippen molar-refractivity contribution in [2.45, 2.75) is 12.5 Å². The summed E-state index contributed by atoms with van der Waals surface area (Å²) in [6.45, 7) is 0.816. The van der Waals surface area contributed by atoms with Gasteiger partial charge in [-0.25, -0.2) is 0 Å². The Morgan fingerprint density at radius 1 is 1.00 bits per heavy atom. The summed E-state index contributed by atoms with van der Waals surface area (Å²) in [6, 6.07) is 3.79. The van der Waals surface area contributed by atoms with Crippen molar-refractivity contribution in [3.8, 4) is 17.2 Å².